The number of likely N-dealkylation sites (N-methyl/N-ethyl adjacent to an activating group) is 1. The Hall–Kier alpha value is -2.67. The van der Waals surface area contributed by atoms with E-state index in [9.17, 15) is 9.59 Å². The number of hydrogen-bond donors (Lipinski definition) is 2. The Morgan fingerprint density at radius 1 is 1.43 bits per heavy atom. The first-order valence-corrected chi connectivity index (χ1v) is 7.54. The van der Waals surface area contributed by atoms with Gasteiger partial charge in [-0.1, -0.05) is 48.7 Å². The molecule has 1 heterocycles. The van der Waals surface area contributed by atoms with Gasteiger partial charge in [0, 0.05) is 23.7 Å². The third-order valence-electron chi connectivity index (χ3n) is 3.32. The lowest BCUT2D eigenvalue weighted by Crippen LogP contribution is -2.28. The third-order valence-corrected chi connectivity index (χ3v) is 4.31. The van der Waals surface area contributed by atoms with Gasteiger partial charge in [0.15, 0.2) is 6.29 Å². The molecule has 1 amide bonds. The van der Waals surface area contributed by atoms with E-state index in [0.717, 1.165) is 18.0 Å². The number of aldehydes is 1. The molecule has 1 aliphatic heterocycles. The van der Waals surface area contributed by atoms with E-state index in [1.54, 1.807) is 19.2 Å². The summed E-state index contributed by atoms with van der Waals surface area (Å²) in [6.45, 7) is 3.88. The second kappa shape index (κ2) is 7.06. The number of rotatable bonds is 5. The van der Waals surface area contributed by atoms with Crippen molar-refractivity contribution in [2.45, 2.75) is 5.92 Å². The standard InChI is InChI=1S/C16H16N4O2S/c1-10-12(8-17)13(9-21)20(2)19-16(23-10)14(15(18)22)11-6-4-3-5-7-11/h3-9,14,17H,1H2,2H3,(H2,18,22). The van der Waals surface area contributed by atoms with Crippen LogP contribution in [0.5, 0.6) is 0 Å². The van der Waals surface area contributed by atoms with Crippen LogP contribution in [-0.2, 0) is 9.59 Å². The fourth-order valence-electron chi connectivity index (χ4n) is 2.21. The highest BCUT2D eigenvalue weighted by atomic mass is 32.2. The number of hydrogen-bond acceptors (Lipinski definition) is 6. The molecular weight excluding hydrogens is 312 g/mol. The molecule has 0 aliphatic carbocycles. The van der Waals surface area contributed by atoms with Gasteiger partial charge in [0.05, 0.1) is 0 Å². The molecule has 0 aromatic heterocycles. The molecular formula is C16H16N4O2S. The fourth-order valence-corrected chi connectivity index (χ4v) is 3.26. The maximum Gasteiger partial charge on any atom is 0.231 e. The zero-order valence-corrected chi connectivity index (χ0v) is 13.3. The van der Waals surface area contributed by atoms with Crippen molar-refractivity contribution in [2.24, 2.45) is 10.8 Å². The van der Waals surface area contributed by atoms with E-state index < -0.39 is 11.8 Å². The number of allylic oxidation sites excluding steroid dienone is 2. The van der Waals surface area contributed by atoms with Crippen molar-refractivity contribution in [3.63, 3.8) is 0 Å². The van der Waals surface area contributed by atoms with Crippen molar-refractivity contribution < 1.29 is 9.59 Å². The molecule has 1 atom stereocenters. The Bertz CT molecular complexity index is 725. The number of thioether (sulfide) groups is 1. The number of nitrogens with two attached hydrogens (primary N) is 1. The average Bonchev–Trinajstić information content (AvgIpc) is 2.63. The molecule has 6 nitrogen and oxygen atoms in total. The summed E-state index contributed by atoms with van der Waals surface area (Å²) in [5.41, 5.74) is 6.85. The van der Waals surface area contributed by atoms with Gasteiger partial charge in [0.2, 0.25) is 5.91 Å². The smallest absolute Gasteiger partial charge is 0.231 e. The molecule has 3 N–H and O–H groups in total. The van der Waals surface area contributed by atoms with Crippen LogP contribution in [0.3, 0.4) is 0 Å². The van der Waals surface area contributed by atoms with Crippen LogP contribution in [0.25, 0.3) is 0 Å². The number of primary amides is 1. The number of hydrazone groups is 1. The molecule has 0 spiro atoms. The van der Waals surface area contributed by atoms with E-state index in [1.165, 1.54) is 5.01 Å². The van der Waals surface area contributed by atoms with Gasteiger partial charge in [-0.05, 0) is 5.56 Å². The number of carbonyl (C=O) groups excluding carboxylic acids is 2. The van der Waals surface area contributed by atoms with Crippen LogP contribution in [0.1, 0.15) is 11.5 Å². The highest BCUT2D eigenvalue weighted by molar-refractivity contribution is 8.17. The van der Waals surface area contributed by atoms with Gasteiger partial charge in [0.25, 0.3) is 0 Å². The van der Waals surface area contributed by atoms with E-state index in [4.69, 9.17) is 11.1 Å². The van der Waals surface area contributed by atoms with Crippen molar-refractivity contribution in [2.75, 3.05) is 7.05 Å². The number of nitrogens with zero attached hydrogens (tertiary/aromatic N) is 2. The second-order valence-electron chi connectivity index (χ2n) is 4.79. The van der Waals surface area contributed by atoms with Crippen LogP contribution in [-0.4, -0.2) is 35.5 Å². The summed E-state index contributed by atoms with van der Waals surface area (Å²) in [4.78, 5) is 23.7. The lowest BCUT2D eigenvalue weighted by molar-refractivity contribution is -0.118. The minimum Gasteiger partial charge on any atom is -0.369 e. The molecule has 0 fully saturated rings. The number of carbonyl (C=O) groups is 2. The predicted octanol–water partition coefficient (Wildman–Crippen LogP) is 1.86. The lowest BCUT2D eigenvalue weighted by Gasteiger charge is -2.17. The summed E-state index contributed by atoms with van der Waals surface area (Å²) in [5, 5.41) is 13.6. The minimum absolute atomic E-state index is 0.212. The van der Waals surface area contributed by atoms with E-state index in [0.29, 0.717) is 27.4 Å². The molecule has 0 saturated carbocycles. The zero-order valence-electron chi connectivity index (χ0n) is 12.5. The monoisotopic (exact) mass is 328 g/mol. The summed E-state index contributed by atoms with van der Waals surface area (Å²) in [6, 6.07) is 9.04. The van der Waals surface area contributed by atoms with E-state index in [1.807, 2.05) is 18.2 Å². The molecule has 0 radical (unpaired) electrons. The molecule has 7 heteroatoms. The topological polar surface area (TPSA) is 99.6 Å². The van der Waals surface area contributed by atoms with E-state index >= 15 is 0 Å². The lowest BCUT2D eigenvalue weighted by atomic mass is 10.00. The van der Waals surface area contributed by atoms with Crippen molar-refractivity contribution in [1.29, 1.82) is 5.41 Å². The summed E-state index contributed by atoms with van der Waals surface area (Å²) < 4.78 is 0. The summed E-state index contributed by atoms with van der Waals surface area (Å²) in [6.07, 6.45) is 1.66. The van der Waals surface area contributed by atoms with Crippen LogP contribution in [0.4, 0.5) is 0 Å². The molecule has 0 bridgehead atoms. The molecule has 1 aromatic rings. The van der Waals surface area contributed by atoms with Gasteiger partial charge in [-0.25, -0.2) is 0 Å². The maximum atomic E-state index is 12.0. The third kappa shape index (κ3) is 3.40. The summed E-state index contributed by atoms with van der Waals surface area (Å²) >= 11 is 1.14. The average molecular weight is 328 g/mol. The molecule has 23 heavy (non-hydrogen) atoms. The fraction of sp³-hybridized carbons (Fsp3) is 0.125. The van der Waals surface area contributed by atoms with Gasteiger partial charge >= 0.3 is 0 Å². The molecule has 0 saturated heterocycles. The van der Waals surface area contributed by atoms with Crippen LogP contribution in [0.2, 0.25) is 0 Å². The Labute approximate surface area is 138 Å². The molecule has 1 aliphatic rings. The van der Waals surface area contributed by atoms with Gasteiger partial charge in [0.1, 0.15) is 16.7 Å². The zero-order chi connectivity index (χ0) is 17.0. The van der Waals surface area contributed by atoms with Crippen LogP contribution < -0.4 is 5.73 Å². The van der Waals surface area contributed by atoms with E-state index in [-0.39, 0.29) is 5.70 Å². The van der Waals surface area contributed by atoms with Crippen molar-refractivity contribution >= 4 is 35.2 Å². The van der Waals surface area contributed by atoms with Gasteiger partial charge in [-0.3, -0.25) is 14.6 Å². The highest BCUT2D eigenvalue weighted by Gasteiger charge is 2.29. The van der Waals surface area contributed by atoms with Gasteiger partial charge in [-0.15, -0.1) is 0 Å². The molecule has 2 rings (SSSR count). The molecule has 118 valence electrons. The van der Waals surface area contributed by atoms with Crippen LogP contribution >= 0.6 is 11.8 Å². The first-order chi connectivity index (χ1) is 11.0. The van der Waals surface area contributed by atoms with Gasteiger partial charge < -0.3 is 11.1 Å². The van der Waals surface area contributed by atoms with Crippen molar-refractivity contribution in [3.8, 4) is 0 Å². The Balaban J connectivity index is 2.51. The Morgan fingerprint density at radius 3 is 2.61 bits per heavy atom. The molecule has 1 aromatic carbocycles. The maximum absolute atomic E-state index is 12.0. The van der Waals surface area contributed by atoms with E-state index in [2.05, 4.69) is 11.7 Å². The quantitative estimate of drug-likeness (QED) is 0.636. The SMILES string of the molecule is C=C1SC(C(C(N)=O)c2ccccc2)=NN(C)C(C=O)=C1C=N. The number of benzene rings is 1. The van der Waals surface area contributed by atoms with Crippen LogP contribution in [0.15, 0.2) is 58.2 Å². The summed E-state index contributed by atoms with van der Waals surface area (Å²) in [7, 11) is 1.58. The predicted molar refractivity (Wildman–Crippen MR) is 92.2 cm³/mol. The van der Waals surface area contributed by atoms with Crippen molar-refractivity contribution in [3.05, 3.63) is 58.6 Å². The van der Waals surface area contributed by atoms with Crippen molar-refractivity contribution in [1.82, 2.24) is 5.01 Å². The normalized spacial score (nSPS) is 16.5. The summed E-state index contributed by atoms with van der Waals surface area (Å²) in [5.74, 6) is -1.30. The molecule has 1 unspecified atom stereocenters. The number of nitrogens with one attached hydrogen (secondary N) is 1. The largest absolute Gasteiger partial charge is 0.369 e. The minimum atomic E-state index is -0.751. The Kier molecular flexibility index (Phi) is 5.13. The highest BCUT2D eigenvalue weighted by Crippen LogP contribution is 2.35. The second-order valence-corrected chi connectivity index (χ2v) is 5.91. The van der Waals surface area contributed by atoms with Crippen LogP contribution in [0, 0.1) is 5.41 Å². The number of amides is 1. The Morgan fingerprint density at radius 2 is 2.09 bits per heavy atom. The first kappa shape index (κ1) is 16.7. The first-order valence-electron chi connectivity index (χ1n) is 6.73. The van der Waals surface area contributed by atoms with Gasteiger partial charge in [-0.2, -0.15) is 5.10 Å².